The van der Waals surface area contributed by atoms with Gasteiger partial charge in [-0.25, -0.2) is 8.42 Å². The summed E-state index contributed by atoms with van der Waals surface area (Å²) in [4.78, 5) is 0.147. The quantitative estimate of drug-likeness (QED) is 0.336. The maximum atomic E-state index is 15.3. The van der Waals surface area contributed by atoms with E-state index in [9.17, 15) is 8.42 Å². The fourth-order valence-corrected chi connectivity index (χ4v) is 8.61. The van der Waals surface area contributed by atoms with E-state index in [4.69, 9.17) is 0 Å². The lowest BCUT2D eigenvalue weighted by Crippen LogP contribution is -2.28. The van der Waals surface area contributed by atoms with Crippen LogP contribution in [0, 0.1) is 6.92 Å². The highest BCUT2D eigenvalue weighted by Crippen LogP contribution is 2.47. The number of fused-ring (bicyclic) bond motifs is 1. The zero-order valence-electron chi connectivity index (χ0n) is 19.4. The minimum absolute atomic E-state index is 0.147. The molecule has 0 aliphatic heterocycles. The Morgan fingerprint density at radius 2 is 1.23 bits per heavy atom. The Bertz CT molecular complexity index is 1620. The van der Waals surface area contributed by atoms with Crippen molar-refractivity contribution in [2.75, 3.05) is 4.72 Å². The number of nitrogens with one attached hydrogen (secondary N) is 1. The summed E-state index contributed by atoms with van der Waals surface area (Å²) in [5.41, 5.74) is 1.75. The van der Waals surface area contributed by atoms with Gasteiger partial charge in [0.2, 0.25) is 0 Å². The van der Waals surface area contributed by atoms with Crippen LogP contribution in [0.5, 0.6) is 0 Å². The zero-order chi connectivity index (χ0) is 24.6. The van der Waals surface area contributed by atoms with Crippen LogP contribution in [0.15, 0.2) is 114 Å². The smallest absolute Gasteiger partial charge is 0.263 e. The summed E-state index contributed by atoms with van der Waals surface area (Å²) in [6.45, 7) is 1.90. The van der Waals surface area contributed by atoms with E-state index < -0.39 is 17.2 Å². The molecule has 35 heavy (non-hydrogen) atoms. The summed E-state index contributed by atoms with van der Waals surface area (Å²) in [7, 11) is -5.62. The van der Waals surface area contributed by atoms with Crippen LogP contribution in [0.4, 0.5) is 5.82 Å². The van der Waals surface area contributed by atoms with Gasteiger partial charge in [-0.05, 0) is 25.1 Å². The van der Waals surface area contributed by atoms with Gasteiger partial charge in [0, 0.05) is 23.0 Å². The summed E-state index contributed by atoms with van der Waals surface area (Å²) >= 11 is 0. The van der Waals surface area contributed by atoms with Gasteiger partial charge >= 0.3 is 0 Å². The first-order valence-electron chi connectivity index (χ1n) is 11.2. The third-order valence-electron chi connectivity index (χ3n) is 6.20. The molecule has 0 bridgehead atoms. The van der Waals surface area contributed by atoms with Gasteiger partial charge in [0.05, 0.1) is 15.7 Å². The molecule has 4 aromatic carbocycles. The van der Waals surface area contributed by atoms with Crippen LogP contribution in [0.2, 0.25) is 0 Å². The number of sulfonamides is 1. The highest BCUT2D eigenvalue weighted by atomic mass is 32.2. The predicted octanol–water partition coefficient (Wildman–Crippen LogP) is 4.93. The van der Waals surface area contributed by atoms with Crippen LogP contribution in [0.3, 0.4) is 0 Å². The molecule has 0 aliphatic carbocycles. The molecule has 0 aliphatic rings. The van der Waals surface area contributed by atoms with Crippen LogP contribution >= 0.6 is 7.14 Å². The second-order valence-electron chi connectivity index (χ2n) is 8.47. The van der Waals surface area contributed by atoms with Gasteiger partial charge in [0.15, 0.2) is 7.14 Å². The number of benzene rings is 4. The van der Waals surface area contributed by atoms with Gasteiger partial charge in [-0.3, -0.25) is 4.72 Å². The van der Waals surface area contributed by atoms with Crippen LogP contribution in [0.25, 0.3) is 10.9 Å². The Labute approximate surface area is 205 Å². The lowest BCUT2D eigenvalue weighted by Gasteiger charge is -2.22. The molecule has 0 unspecified atom stereocenters. The standard InChI is InChI=1S/C28H25N2O3PS/c1-21-17-19-24(20-18-21)35(32,33)29-28-27(25-15-9-10-16-26(25)30(28)2)34(31,22-11-5-3-6-12-22)23-13-7-4-8-14-23/h3-20,29H,1-2H3. The molecular weight excluding hydrogens is 475 g/mol. The summed E-state index contributed by atoms with van der Waals surface area (Å²) in [6.07, 6.45) is 0. The average molecular weight is 501 g/mol. The van der Waals surface area contributed by atoms with Gasteiger partial charge in [-0.15, -0.1) is 0 Å². The molecule has 0 fully saturated rings. The molecule has 176 valence electrons. The van der Waals surface area contributed by atoms with Crippen molar-refractivity contribution < 1.29 is 13.0 Å². The molecular formula is C28H25N2O3PS. The Morgan fingerprint density at radius 1 is 0.714 bits per heavy atom. The Balaban J connectivity index is 1.83. The Hall–Kier alpha value is -3.60. The van der Waals surface area contributed by atoms with Crippen molar-refractivity contribution in [3.8, 4) is 0 Å². The van der Waals surface area contributed by atoms with Crippen molar-refractivity contribution in [1.29, 1.82) is 0 Å². The lowest BCUT2D eigenvalue weighted by molar-refractivity contribution is 0.592. The first-order valence-corrected chi connectivity index (χ1v) is 14.4. The van der Waals surface area contributed by atoms with E-state index in [0.717, 1.165) is 16.5 Å². The predicted molar refractivity (Wildman–Crippen MR) is 144 cm³/mol. The molecule has 0 saturated carbocycles. The van der Waals surface area contributed by atoms with E-state index in [1.165, 1.54) is 0 Å². The third-order valence-corrected chi connectivity index (χ3v) is 10.7. The summed E-state index contributed by atoms with van der Waals surface area (Å²) in [6, 6.07) is 32.8. The Kier molecular flexibility index (Phi) is 5.87. The van der Waals surface area contributed by atoms with Gasteiger partial charge in [0.25, 0.3) is 10.0 Å². The van der Waals surface area contributed by atoms with Crippen LogP contribution in [-0.2, 0) is 21.6 Å². The topological polar surface area (TPSA) is 68.2 Å². The third kappa shape index (κ3) is 3.99. The van der Waals surface area contributed by atoms with Crippen LogP contribution < -0.4 is 20.6 Å². The van der Waals surface area contributed by atoms with Gasteiger partial charge < -0.3 is 9.13 Å². The van der Waals surface area contributed by atoms with Crippen LogP contribution in [-0.4, -0.2) is 13.0 Å². The van der Waals surface area contributed by atoms with E-state index in [0.29, 0.717) is 21.7 Å². The molecule has 5 aromatic rings. The highest BCUT2D eigenvalue weighted by Gasteiger charge is 2.37. The van der Waals surface area contributed by atoms with Crippen molar-refractivity contribution in [3.05, 3.63) is 115 Å². The molecule has 0 amide bonds. The summed E-state index contributed by atoms with van der Waals surface area (Å²) in [5, 5.41) is 2.49. The monoisotopic (exact) mass is 500 g/mol. The van der Waals surface area contributed by atoms with E-state index in [1.54, 1.807) is 35.9 Å². The normalized spacial score (nSPS) is 12.1. The van der Waals surface area contributed by atoms with Gasteiger partial charge in [0.1, 0.15) is 5.82 Å². The SMILES string of the molecule is Cc1ccc(S(=O)(=O)Nc2c(P(=O)(c3ccccc3)c3ccccc3)c3ccccc3n2C)cc1. The number of nitrogens with zero attached hydrogens (tertiary/aromatic N) is 1. The van der Waals surface area contributed by atoms with Crippen molar-refractivity contribution in [1.82, 2.24) is 4.57 Å². The number of para-hydroxylation sites is 1. The average Bonchev–Trinajstić information content (AvgIpc) is 3.16. The number of rotatable bonds is 6. The second-order valence-corrected chi connectivity index (χ2v) is 12.9. The minimum atomic E-state index is -3.94. The van der Waals surface area contributed by atoms with E-state index in [1.807, 2.05) is 91.9 Å². The van der Waals surface area contributed by atoms with Gasteiger partial charge in [-0.2, -0.15) is 0 Å². The summed E-state index contributed by atoms with van der Waals surface area (Å²) in [5.74, 6) is 0.294. The first kappa shape index (κ1) is 23.2. The largest absolute Gasteiger partial charge is 0.329 e. The lowest BCUT2D eigenvalue weighted by atomic mass is 10.2. The number of hydrogen-bond donors (Lipinski definition) is 1. The van der Waals surface area contributed by atoms with Crippen molar-refractivity contribution in [2.24, 2.45) is 7.05 Å². The molecule has 0 radical (unpaired) electrons. The molecule has 0 saturated heterocycles. The minimum Gasteiger partial charge on any atom is -0.329 e. The number of aryl methyl sites for hydroxylation is 2. The summed E-state index contributed by atoms with van der Waals surface area (Å²) < 4.78 is 46.8. The number of hydrogen-bond acceptors (Lipinski definition) is 3. The fraction of sp³-hybridized carbons (Fsp3) is 0.0714. The molecule has 7 heteroatoms. The number of anilines is 1. The Morgan fingerprint density at radius 3 is 1.80 bits per heavy atom. The molecule has 5 nitrogen and oxygen atoms in total. The molecule has 1 N–H and O–H groups in total. The first-order chi connectivity index (χ1) is 16.8. The van der Waals surface area contributed by atoms with Crippen molar-refractivity contribution >= 4 is 49.8 Å². The van der Waals surface area contributed by atoms with E-state index in [-0.39, 0.29) is 4.90 Å². The van der Waals surface area contributed by atoms with E-state index >= 15 is 4.57 Å². The molecule has 1 heterocycles. The zero-order valence-corrected chi connectivity index (χ0v) is 21.1. The fourth-order valence-electron chi connectivity index (χ4n) is 4.40. The van der Waals surface area contributed by atoms with Crippen LogP contribution in [0.1, 0.15) is 5.56 Å². The van der Waals surface area contributed by atoms with E-state index in [2.05, 4.69) is 4.72 Å². The highest BCUT2D eigenvalue weighted by molar-refractivity contribution is 7.93. The molecule has 5 rings (SSSR count). The molecule has 1 aromatic heterocycles. The van der Waals surface area contributed by atoms with Crippen molar-refractivity contribution in [3.63, 3.8) is 0 Å². The van der Waals surface area contributed by atoms with Crippen molar-refractivity contribution in [2.45, 2.75) is 11.8 Å². The molecule has 0 atom stereocenters. The maximum Gasteiger partial charge on any atom is 0.263 e. The number of aromatic nitrogens is 1. The molecule has 0 spiro atoms. The second kappa shape index (κ2) is 8.88. The maximum absolute atomic E-state index is 15.3. The van der Waals surface area contributed by atoms with Gasteiger partial charge in [-0.1, -0.05) is 96.6 Å².